The fourth-order valence-electron chi connectivity index (χ4n) is 3.71. The first kappa shape index (κ1) is 18.9. The highest BCUT2D eigenvalue weighted by atomic mass is 32.1. The quantitative estimate of drug-likeness (QED) is 0.857. The van der Waals surface area contributed by atoms with Gasteiger partial charge in [0, 0.05) is 63.7 Å². The number of rotatable bonds is 3. The van der Waals surface area contributed by atoms with E-state index >= 15 is 0 Å². The van der Waals surface area contributed by atoms with Crippen LogP contribution in [-0.4, -0.2) is 66.4 Å². The summed E-state index contributed by atoms with van der Waals surface area (Å²) in [6.07, 6.45) is 0.453. The van der Waals surface area contributed by atoms with Crippen molar-refractivity contribution in [1.29, 1.82) is 0 Å². The fourth-order valence-corrected chi connectivity index (χ4v) is 4.31. The highest BCUT2D eigenvalue weighted by Gasteiger charge is 2.24. The number of amides is 2. The Hall–Kier alpha value is -2.45. The van der Waals surface area contributed by atoms with Crippen molar-refractivity contribution in [2.75, 3.05) is 50.0 Å². The normalized spacial score (nSPS) is 17.9. The second kappa shape index (κ2) is 7.89. The first-order valence-corrected chi connectivity index (χ1v) is 10.5. The molecule has 0 aliphatic carbocycles. The Labute approximate surface area is 169 Å². The largest absolute Gasteiger partial charge is 0.372 e. The number of nitrogens with one attached hydrogen (secondary N) is 1. The van der Waals surface area contributed by atoms with Crippen LogP contribution in [0.5, 0.6) is 0 Å². The van der Waals surface area contributed by atoms with Gasteiger partial charge in [0.25, 0.3) is 5.91 Å². The molecule has 3 heterocycles. The number of carbonyl (C=O) groups excluding carboxylic acids is 2. The molecule has 7 nitrogen and oxygen atoms in total. The molecule has 28 heavy (non-hydrogen) atoms. The summed E-state index contributed by atoms with van der Waals surface area (Å²) in [4.78, 5) is 35.7. The van der Waals surface area contributed by atoms with Crippen LogP contribution < -0.4 is 10.2 Å². The van der Waals surface area contributed by atoms with Crippen LogP contribution in [0.1, 0.15) is 27.5 Å². The van der Waals surface area contributed by atoms with Gasteiger partial charge in [0.2, 0.25) is 5.91 Å². The Morgan fingerprint density at radius 2 is 2.00 bits per heavy atom. The van der Waals surface area contributed by atoms with Crippen molar-refractivity contribution in [2.45, 2.75) is 19.9 Å². The van der Waals surface area contributed by atoms with Gasteiger partial charge in [-0.1, -0.05) is 0 Å². The topological polar surface area (TPSA) is 68.8 Å². The number of hydrogen-bond donors (Lipinski definition) is 1. The summed E-state index contributed by atoms with van der Waals surface area (Å²) in [5.74, 6) is 0.00851. The molecule has 0 radical (unpaired) electrons. The van der Waals surface area contributed by atoms with Crippen molar-refractivity contribution in [3.05, 3.63) is 39.8 Å². The van der Waals surface area contributed by atoms with Crippen LogP contribution in [0.2, 0.25) is 0 Å². The molecule has 2 aliphatic rings. The summed E-state index contributed by atoms with van der Waals surface area (Å²) in [6.45, 7) is 6.61. The van der Waals surface area contributed by atoms with Crippen LogP contribution >= 0.6 is 11.3 Å². The third kappa shape index (κ3) is 4.02. The molecule has 2 amide bonds. The predicted molar refractivity (Wildman–Crippen MR) is 111 cm³/mol. The van der Waals surface area contributed by atoms with E-state index in [0.29, 0.717) is 37.3 Å². The number of benzene rings is 1. The van der Waals surface area contributed by atoms with E-state index < -0.39 is 0 Å². The molecule has 1 aromatic heterocycles. The molecule has 1 N–H and O–H groups in total. The minimum atomic E-state index is -0.0129. The van der Waals surface area contributed by atoms with Crippen LogP contribution in [0.4, 0.5) is 11.4 Å². The molecule has 4 rings (SSSR count). The highest BCUT2D eigenvalue weighted by Crippen LogP contribution is 2.29. The van der Waals surface area contributed by atoms with Crippen LogP contribution in [0, 0.1) is 6.92 Å². The summed E-state index contributed by atoms with van der Waals surface area (Å²) in [6, 6.07) is 5.59. The SMILES string of the molecule is Cc1nc(CN2CCN(C(=O)c3ccc4c(c3)NC(=O)CCN4C)CC2)cs1. The minimum Gasteiger partial charge on any atom is -0.372 e. The lowest BCUT2D eigenvalue weighted by atomic mass is 10.1. The van der Waals surface area contributed by atoms with Crippen LogP contribution in [0.25, 0.3) is 0 Å². The van der Waals surface area contributed by atoms with E-state index in [1.54, 1.807) is 11.3 Å². The lowest BCUT2D eigenvalue weighted by molar-refractivity contribution is -0.115. The maximum atomic E-state index is 13.0. The molecule has 0 spiro atoms. The third-order valence-electron chi connectivity index (χ3n) is 5.31. The molecule has 0 saturated carbocycles. The molecular formula is C20H25N5O2S. The van der Waals surface area contributed by atoms with Crippen LogP contribution in [0.3, 0.4) is 0 Å². The van der Waals surface area contributed by atoms with Crippen molar-refractivity contribution < 1.29 is 9.59 Å². The summed E-state index contributed by atoms with van der Waals surface area (Å²) >= 11 is 1.67. The highest BCUT2D eigenvalue weighted by molar-refractivity contribution is 7.09. The van der Waals surface area contributed by atoms with Crippen LogP contribution in [-0.2, 0) is 11.3 Å². The number of nitrogens with zero attached hydrogens (tertiary/aromatic N) is 4. The Morgan fingerprint density at radius 1 is 1.21 bits per heavy atom. The first-order chi connectivity index (χ1) is 13.5. The van der Waals surface area contributed by atoms with Gasteiger partial charge in [-0.25, -0.2) is 4.98 Å². The Balaban J connectivity index is 1.41. The molecule has 0 bridgehead atoms. The molecule has 0 atom stereocenters. The van der Waals surface area contributed by atoms with Gasteiger partial charge in [0.1, 0.15) is 0 Å². The second-order valence-corrected chi connectivity index (χ2v) is 8.44. The number of fused-ring (bicyclic) bond motifs is 1. The van der Waals surface area contributed by atoms with Gasteiger partial charge in [-0.2, -0.15) is 0 Å². The summed E-state index contributed by atoms with van der Waals surface area (Å²) in [5.41, 5.74) is 3.39. The second-order valence-electron chi connectivity index (χ2n) is 7.38. The van der Waals surface area contributed by atoms with Crippen molar-refractivity contribution in [2.24, 2.45) is 0 Å². The number of anilines is 2. The van der Waals surface area contributed by atoms with Gasteiger partial charge in [-0.3, -0.25) is 14.5 Å². The van der Waals surface area contributed by atoms with E-state index in [-0.39, 0.29) is 11.8 Å². The number of aryl methyl sites for hydroxylation is 1. The number of hydrogen-bond acceptors (Lipinski definition) is 6. The lowest BCUT2D eigenvalue weighted by Gasteiger charge is -2.34. The molecule has 1 aromatic carbocycles. The van der Waals surface area contributed by atoms with Crippen molar-refractivity contribution in [3.63, 3.8) is 0 Å². The fraction of sp³-hybridized carbons (Fsp3) is 0.450. The van der Waals surface area contributed by atoms with Gasteiger partial charge in [-0.05, 0) is 25.1 Å². The van der Waals surface area contributed by atoms with Crippen LogP contribution in [0.15, 0.2) is 23.6 Å². The van der Waals surface area contributed by atoms with E-state index in [9.17, 15) is 9.59 Å². The standard InChI is InChI=1S/C20H25N5O2S/c1-14-21-16(13-28-14)12-24-7-9-25(10-8-24)20(27)15-3-4-18-17(11-15)22-19(26)5-6-23(18)2/h3-4,11,13H,5-10,12H2,1-2H3,(H,22,26). The molecular weight excluding hydrogens is 374 g/mol. The Bertz CT molecular complexity index is 888. The van der Waals surface area contributed by atoms with Gasteiger partial charge in [0.15, 0.2) is 0 Å². The average Bonchev–Trinajstić information content (AvgIpc) is 3.04. The Morgan fingerprint density at radius 3 is 2.71 bits per heavy atom. The zero-order valence-corrected chi connectivity index (χ0v) is 17.1. The van der Waals surface area contributed by atoms with E-state index in [2.05, 4.69) is 20.6 Å². The molecule has 8 heteroatoms. The number of thiazole rings is 1. The monoisotopic (exact) mass is 399 g/mol. The van der Waals surface area contributed by atoms with Gasteiger partial charge in [0.05, 0.1) is 22.1 Å². The van der Waals surface area contributed by atoms with Gasteiger partial charge >= 0.3 is 0 Å². The Kier molecular flexibility index (Phi) is 5.32. The van der Waals surface area contributed by atoms with Gasteiger partial charge in [-0.15, -0.1) is 11.3 Å². The number of aromatic nitrogens is 1. The molecule has 0 unspecified atom stereocenters. The number of carbonyl (C=O) groups is 2. The molecule has 2 aromatic rings. The zero-order chi connectivity index (χ0) is 19.7. The van der Waals surface area contributed by atoms with E-state index in [4.69, 9.17) is 0 Å². The summed E-state index contributed by atoms with van der Waals surface area (Å²) < 4.78 is 0. The molecule has 1 fully saturated rings. The summed E-state index contributed by atoms with van der Waals surface area (Å²) in [5, 5.41) is 6.11. The lowest BCUT2D eigenvalue weighted by Crippen LogP contribution is -2.48. The maximum absolute atomic E-state index is 13.0. The zero-order valence-electron chi connectivity index (χ0n) is 16.3. The van der Waals surface area contributed by atoms with E-state index in [1.807, 2.05) is 42.0 Å². The van der Waals surface area contributed by atoms with Crippen molar-refractivity contribution in [3.8, 4) is 0 Å². The molecule has 1 saturated heterocycles. The predicted octanol–water partition coefficient (Wildman–Crippen LogP) is 2.19. The minimum absolute atomic E-state index is 0.0129. The first-order valence-electron chi connectivity index (χ1n) is 9.57. The maximum Gasteiger partial charge on any atom is 0.254 e. The van der Waals surface area contributed by atoms with Crippen molar-refractivity contribution in [1.82, 2.24) is 14.8 Å². The molecule has 148 valence electrons. The van der Waals surface area contributed by atoms with E-state index in [0.717, 1.165) is 36.0 Å². The smallest absolute Gasteiger partial charge is 0.254 e. The van der Waals surface area contributed by atoms with E-state index in [1.165, 1.54) is 0 Å². The van der Waals surface area contributed by atoms with Crippen molar-refractivity contribution >= 4 is 34.5 Å². The number of piperazine rings is 1. The average molecular weight is 400 g/mol. The molecule has 2 aliphatic heterocycles. The third-order valence-corrected chi connectivity index (χ3v) is 6.14. The van der Waals surface area contributed by atoms with Gasteiger partial charge < -0.3 is 15.1 Å². The summed E-state index contributed by atoms with van der Waals surface area (Å²) in [7, 11) is 1.96.